The van der Waals surface area contributed by atoms with Crippen molar-refractivity contribution in [1.29, 1.82) is 0 Å². The molecule has 5 heteroatoms. The van der Waals surface area contributed by atoms with Crippen molar-refractivity contribution in [3.8, 4) is 0 Å². The third kappa shape index (κ3) is 2.12. The van der Waals surface area contributed by atoms with Crippen LogP contribution in [0.5, 0.6) is 0 Å². The normalized spacial score (nSPS) is 41.9. The van der Waals surface area contributed by atoms with Crippen molar-refractivity contribution >= 4 is 11.6 Å². The largest absolute Gasteiger partial charge is 0.333 e. The molecule has 0 spiro atoms. The van der Waals surface area contributed by atoms with Crippen LogP contribution in [-0.4, -0.2) is 20.7 Å². The van der Waals surface area contributed by atoms with Gasteiger partial charge in [0.15, 0.2) is 0 Å². The summed E-state index contributed by atoms with van der Waals surface area (Å²) >= 11 is 0. The molecule has 0 bridgehead atoms. The molecule has 1 aliphatic heterocycles. The first-order valence-corrected chi connectivity index (χ1v) is 10.1. The Balaban J connectivity index is 1.47. The molecule has 2 heterocycles. The van der Waals surface area contributed by atoms with Crippen LogP contribution in [0.3, 0.4) is 0 Å². The molecule has 0 radical (unpaired) electrons. The molecule has 138 valence electrons. The minimum Gasteiger partial charge on any atom is -0.333 e. The van der Waals surface area contributed by atoms with Crippen LogP contribution in [0.15, 0.2) is 30.5 Å². The molecule has 5 nitrogen and oxygen atoms in total. The average Bonchev–Trinajstić information content (AvgIpc) is 3.22. The molecule has 3 aliphatic carbocycles. The molecule has 2 fully saturated rings. The Hall–Kier alpha value is -1.91. The number of allylic oxidation sites excluding steroid dienone is 3. The van der Waals surface area contributed by atoms with Crippen molar-refractivity contribution in [3.05, 3.63) is 30.5 Å². The Morgan fingerprint density at radius 1 is 1.15 bits per heavy atom. The predicted molar refractivity (Wildman–Crippen MR) is 99.5 cm³/mol. The minimum absolute atomic E-state index is 0.180. The molecule has 1 amide bonds. The lowest BCUT2D eigenvalue weighted by atomic mass is 9.48. The second-order valence-corrected chi connectivity index (χ2v) is 9.19. The van der Waals surface area contributed by atoms with Gasteiger partial charge in [-0.2, -0.15) is 5.10 Å². The summed E-state index contributed by atoms with van der Waals surface area (Å²) in [6.07, 6.45) is 15.6. The van der Waals surface area contributed by atoms with Crippen molar-refractivity contribution in [1.82, 2.24) is 20.1 Å². The minimum atomic E-state index is 0.180. The van der Waals surface area contributed by atoms with Gasteiger partial charge in [0.1, 0.15) is 12.7 Å². The van der Waals surface area contributed by atoms with Crippen LogP contribution >= 0.6 is 0 Å². The van der Waals surface area contributed by atoms with Crippen LogP contribution < -0.4 is 5.32 Å². The number of fused-ring (bicyclic) bond motifs is 5. The van der Waals surface area contributed by atoms with Crippen molar-refractivity contribution < 1.29 is 4.79 Å². The van der Waals surface area contributed by atoms with E-state index in [1.54, 1.807) is 6.33 Å². The lowest BCUT2D eigenvalue weighted by molar-refractivity contribution is -0.120. The van der Waals surface area contributed by atoms with Gasteiger partial charge in [-0.1, -0.05) is 19.9 Å². The summed E-state index contributed by atoms with van der Waals surface area (Å²) in [4.78, 5) is 16.1. The molecule has 0 aromatic carbocycles. The van der Waals surface area contributed by atoms with Gasteiger partial charge in [0, 0.05) is 23.7 Å². The lowest BCUT2D eigenvalue weighted by Gasteiger charge is -2.56. The summed E-state index contributed by atoms with van der Waals surface area (Å²) in [6, 6.07) is 0. The zero-order valence-electron chi connectivity index (χ0n) is 15.7. The van der Waals surface area contributed by atoms with Crippen molar-refractivity contribution in [2.75, 3.05) is 0 Å². The number of amides is 1. The van der Waals surface area contributed by atoms with E-state index in [9.17, 15) is 4.79 Å². The van der Waals surface area contributed by atoms with E-state index in [0.717, 1.165) is 25.2 Å². The number of rotatable bonds is 1. The van der Waals surface area contributed by atoms with Gasteiger partial charge in [-0.25, -0.2) is 9.67 Å². The molecule has 5 rings (SSSR count). The number of carbonyl (C=O) groups excluding carboxylic acids is 1. The van der Waals surface area contributed by atoms with E-state index in [1.807, 2.05) is 17.2 Å². The Morgan fingerprint density at radius 3 is 2.85 bits per heavy atom. The molecule has 1 aromatic rings. The fourth-order valence-corrected chi connectivity index (χ4v) is 6.76. The standard InChI is InChI=1S/C21H28N4O/c1-20-10-8-19(26)23-11-14(20)3-4-15-16-5-6-18(25-13-22-12-24-25)21(16,2)9-7-17(15)20/h6,11-13,15-17H,3-5,7-10H2,1-2H3,(H,23,26)/t15?,16?,17?,20-,21-/m0/s1. The molecular formula is C21H28N4O. The summed E-state index contributed by atoms with van der Waals surface area (Å²) in [5, 5.41) is 7.43. The number of hydrogen-bond donors (Lipinski definition) is 1. The average molecular weight is 352 g/mol. The third-order valence-corrected chi connectivity index (χ3v) is 8.22. The highest BCUT2D eigenvalue weighted by atomic mass is 16.1. The molecule has 3 unspecified atom stereocenters. The zero-order chi connectivity index (χ0) is 17.9. The van der Waals surface area contributed by atoms with E-state index < -0.39 is 0 Å². The Bertz CT molecular complexity index is 795. The molecule has 26 heavy (non-hydrogen) atoms. The van der Waals surface area contributed by atoms with Gasteiger partial charge < -0.3 is 5.32 Å². The summed E-state index contributed by atoms with van der Waals surface area (Å²) in [5.41, 5.74) is 3.21. The van der Waals surface area contributed by atoms with Gasteiger partial charge >= 0.3 is 0 Å². The molecule has 1 N–H and O–H groups in total. The molecular weight excluding hydrogens is 324 g/mol. The smallest absolute Gasteiger partial charge is 0.223 e. The highest BCUT2D eigenvalue weighted by Crippen LogP contribution is 2.65. The SMILES string of the molecule is C[C@]12CCC(=O)NC=C1CCC1C2CC[C@]2(C)C(n3cncn3)=CCC12. The van der Waals surface area contributed by atoms with Crippen LogP contribution in [0.4, 0.5) is 0 Å². The number of carbonyl (C=O) groups is 1. The van der Waals surface area contributed by atoms with Gasteiger partial charge in [-0.05, 0) is 67.3 Å². The van der Waals surface area contributed by atoms with E-state index in [-0.39, 0.29) is 16.7 Å². The number of nitrogens with zero attached hydrogens (tertiary/aromatic N) is 3. The van der Waals surface area contributed by atoms with Gasteiger partial charge in [0.05, 0.1) is 0 Å². The fourth-order valence-electron chi connectivity index (χ4n) is 6.76. The molecule has 4 aliphatic rings. The second kappa shape index (κ2) is 5.54. The highest BCUT2D eigenvalue weighted by molar-refractivity contribution is 5.77. The van der Waals surface area contributed by atoms with Gasteiger partial charge in [-0.3, -0.25) is 4.79 Å². The predicted octanol–water partition coefficient (Wildman–Crippen LogP) is 3.77. The number of hydrogen-bond acceptors (Lipinski definition) is 3. The van der Waals surface area contributed by atoms with E-state index >= 15 is 0 Å². The Labute approximate surface area is 155 Å². The summed E-state index contributed by atoms with van der Waals surface area (Å²) in [6.45, 7) is 4.87. The maximum absolute atomic E-state index is 12.0. The topological polar surface area (TPSA) is 59.8 Å². The van der Waals surface area contributed by atoms with E-state index in [2.05, 4.69) is 35.3 Å². The Morgan fingerprint density at radius 2 is 2.04 bits per heavy atom. The van der Waals surface area contributed by atoms with Crippen LogP contribution in [0.1, 0.15) is 58.8 Å². The van der Waals surface area contributed by atoms with Crippen LogP contribution in [-0.2, 0) is 4.79 Å². The number of nitrogens with one attached hydrogen (secondary N) is 1. The molecule has 0 saturated heterocycles. The van der Waals surface area contributed by atoms with Gasteiger partial charge in [-0.15, -0.1) is 0 Å². The Kier molecular flexibility index (Phi) is 3.47. The first-order chi connectivity index (χ1) is 12.5. The summed E-state index contributed by atoms with van der Waals surface area (Å²) in [7, 11) is 0. The second-order valence-electron chi connectivity index (χ2n) is 9.19. The van der Waals surface area contributed by atoms with Crippen LogP contribution in [0.2, 0.25) is 0 Å². The first kappa shape index (κ1) is 16.3. The monoisotopic (exact) mass is 352 g/mol. The van der Waals surface area contributed by atoms with E-state index in [0.29, 0.717) is 18.3 Å². The molecule has 5 atom stereocenters. The first-order valence-electron chi connectivity index (χ1n) is 10.1. The van der Waals surface area contributed by atoms with E-state index in [1.165, 1.54) is 30.5 Å². The van der Waals surface area contributed by atoms with Crippen molar-refractivity contribution in [2.45, 2.75) is 58.8 Å². The highest BCUT2D eigenvalue weighted by Gasteiger charge is 2.57. The lowest BCUT2D eigenvalue weighted by Crippen LogP contribution is -2.49. The zero-order valence-corrected chi connectivity index (χ0v) is 15.7. The summed E-state index contributed by atoms with van der Waals surface area (Å²) in [5.74, 6) is 2.30. The van der Waals surface area contributed by atoms with Crippen molar-refractivity contribution in [2.24, 2.45) is 28.6 Å². The fraction of sp³-hybridized carbons (Fsp3) is 0.667. The molecule has 1 aromatic heterocycles. The number of aromatic nitrogens is 3. The van der Waals surface area contributed by atoms with Crippen LogP contribution in [0, 0.1) is 28.6 Å². The maximum atomic E-state index is 12.0. The molecule has 2 saturated carbocycles. The van der Waals surface area contributed by atoms with Gasteiger partial charge in [0.25, 0.3) is 0 Å². The third-order valence-electron chi connectivity index (χ3n) is 8.22. The summed E-state index contributed by atoms with van der Waals surface area (Å²) < 4.78 is 1.99. The van der Waals surface area contributed by atoms with Gasteiger partial charge in [0.2, 0.25) is 5.91 Å². The quantitative estimate of drug-likeness (QED) is 0.837. The van der Waals surface area contributed by atoms with Crippen molar-refractivity contribution in [3.63, 3.8) is 0 Å². The van der Waals surface area contributed by atoms with E-state index in [4.69, 9.17) is 0 Å². The van der Waals surface area contributed by atoms with Crippen LogP contribution in [0.25, 0.3) is 5.70 Å². The maximum Gasteiger partial charge on any atom is 0.223 e.